The Kier molecular flexibility index (Phi) is 5.63. The minimum atomic E-state index is -4.43. The van der Waals surface area contributed by atoms with Crippen molar-refractivity contribution in [3.05, 3.63) is 83.7 Å². The van der Waals surface area contributed by atoms with Crippen molar-refractivity contribution < 1.29 is 22.8 Å². The van der Waals surface area contributed by atoms with Gasteiger partial charge in [0, 0.05) is 16.9 Å². The average Bonchev–Trinajstić information content (AvgIpc) is 2.68. The van der Waals surface area contributed by atoms with E-state index >= 15 is 0 Å². The number of pyridine rings is 1. The van der Waals surface area contributed by atoms with E-state index in [1.807, 2.05) is 0 Å². The van der Waals surface area contributed by atoms with Crippen LogP contribution in [0.5, 0.6) is 0 Å². The van der Waals surface area contributed by atoms with Crippen LogP contribution in [0.2, 0.25) is 0 Å². The van der Waals surface area contributed by atoms with Crippen LogP contribution in [0, 0.1) is 0 Å². The number of nitrogens with one attached hydrogen (secondary N) is 2. The lowest BCUT2D eigenvalue weighted by molar-refractivity contribution is -0.137. The van der Waals surface area contributed by atoms with Crippen LogP contribution in [0.4, 0.5) is 30.2 Å². The Labute approximate surface area is 164 Å². The second-order valence-electron chi connectivity index (χ2n) is 6.22. The van der Waals surface area contributed by atoms with Gasteiger partial charge >= 0.3 is 6.18 Å². The second-order valence-corrected chi connectivity index (χ2v) is 6.22. The number of hydrogen-bond donors (Lipinski definition) is 2. The molecule has 8 heteroatoms. The van der Waals surface area contributed by atoms with Crippen molar-refractivity contribution >= 4 is 28.8 Å². The van der Waals surface area contributed by atoms with Crippen molar-refractivity contribution in [2.24, 2.45) is 0 Å². The molecular formula is C21H16F3N3O2. The molecule has 0 spiro atoms. The molecule has 1 aromatic heterocycles. The van der Waals surface area contributed by atoms with Crippen molar-refractivity contribution in [3.63, 3.8) is 0 Å². The summed E-state index contributed by atoms with van der Waals surface area (Å²) in [4.78, 5) is 27.6. The van der Waals surface area contributed by atoms with Crippen LogP contribution in [-0.4, -0.2) is 16.7 Å². The van der Waals surface area contributed by atoms with E-state index in [-0.39, 0.29) is 17.2 Å². The minimum Gasteiger partial charge on any atom is -0.354 e. The van der Waals surface area contributed by atoms with Crippen LogP contribution in [0.25, 0.3) is 0 Å². The molecule has 5 nitrogen and oxygen atoms in total. The summed E-state index contributed by atoms with van der Waals surface area (Å²) in [7, 11) is 0. The molecule has 1 heterocycles. The number of ketones is 1. The van der Waals surface area contributed by atoms with E-state index in [2.05, 4.69) is 15.6 Å². The van der Waals surface area contributed by atoms with E-state index < -0.39 is 17.6 Å². The van der Waals surface area contributed by atoms with Crippen LogP contribution in [0.3, 0.4) is 0 Å². The first kappa shape index (κ1) is 20.1. The molecule has 0 saturated heterocycles. The number of amides is 1. The normalized spacial score (nSPS) is 11.0. The van der Waals surface area contributed by atoms with Crippen LogP contribution in [-0.2, 0) is 6.18 Å². The summed E-state index contributed by atoms with van der Waals surface area (Å²) in [5.41, 5.74) is 1.10. The molecule has 0 unspecified atom stereocenters. The van der Waals surface area contributed by atoms with Gasteiger partial charge < -0.3 is 10.6 Å². The maximum absolute atomic E-state index is 12.8. The monoisotopic (exact) mass is 399 g/mol. The van der Waals surface area contributed by atoms with Gasteiger partial charge in [-0.05, 0) is 61.5 Å². The van der Waals surface area contributed by atoms with Gasteiger partial charge in [-0.25, -0.2) is 4.98 Å². The van der Waals surface area contributed by atoms with Crippen molar-refractivity contribution in [1.82, 2.24) is 4.98 Å². The van der Waals surface area contributed by atoms with Crippen molar-refractivity contribution in [3.8, 4) is 0 Å². The molecule has 0 aliphatic heterocycles. The van der Waals surface area contributed by atoms with Crippen molar-refractivity contribution in [1.29, 1.82) is 0 Å². The second kappa shape index (κ2) is 8.14. The number of carbonyl (C=O) groups excluding carboxylic acids is 2. The molecule has 0 aliphatic carbocycles. The molecule has 0 aliphatic rings. The molecule has 0 bridgehead atoms. The summed E-state index contributed by atoms with van der Waals surface area (Å²) < 4.78 is 38.4. The number of anilines is 3. The maximum Gasteiger partial charge on any atom is 0.416 e. The summed E-state index contributed by atoms with van der Waals surface area (Å²) in [6.45, 7) is 1.45. The highest BCUT2D eigenvalue weighted by molar-refractivity contribution is 6.03. The lowest BCUT2D eigenvalue weighted by atomic mass is 10.1. The van der Waals surface area contributed by atoms with E-state index in [0.717, 1.165) is 12.1 Å². The lowest BCUT2D eigenvalue weighted by Gasteiger charge is -2.11. The number of benzene rings is 2. The van der Waals surface area contributed by atoms with Crippen LogP contribution in [0.1, 0.15) is 33.3 Å². The molecular weight excluding hydrogens is 383 g/mol. The van der Waals surface area contributed by atoms with Crippen LogP contribution in [0.15, 0.2) is 66.9 Å². The molecule has 3 aromatic rings. The average molecular weight is 399 g/mol. The summed E-state index contributed by atoms with van der Waals surface area (Å²) in [6, 6.07) is 14.2. The first-order valence-corrected chi connectivity index (χ1v) is 8.55. The number of nitrogens with zero attached hydrogens (tertiary/aromatic N) is 1. The molecule has 0 atom stereocenters. The molecule has 148 valence electrons. The third kappa shape index (κ3) is 5.19. The van der Waals surface area contributed by atoms with Gasteiger partial charge in [0.25, 0.3) is 5.91 Å². The molecule has 29 heavy (non-hydrogen) atoms. The Morgan fingerprint density at radius 3 is 2.17 bits per heavy atom. The maximum atomic E-state index is 12.8. The summed E-state index contributed by atoms with van der Waals surface area (Å²) in [5.74, 6) is -0.528. The Bertz CT molecular complexity index is 1030. The molecule has 2 aromatic carbocycles. The van der Waals surface area contributed by atoms with Gasteiger partial charge in [0.05, 0.1) is 17.4 Å². The predicted octanol–water partition coefficient (Wildman–Crippen LogP) is 5.30. The zero-order chi connectivity index (χ0) is 21.0. The predicted molar refractivity (Wildman–Crippen MR) is 103 cm³/mol. The lowest BCUT2D eigenvalue weighted by Crippen LogP contribution is -2.13. The highest BCUT2D eigenvalue weighted by Crippen LogP contribution is 2.31. The zero-order valence-electron chi connectivity index (χ0n) is 15.2. The summed E-state index contributed by atoms with van der Waals surface area (Å²) >= 11 is 0. The highest BCUT2D eigenvalue weighted by Gasteiger charge is 2.30. The van der Waals surface area contributed by atoms with Crippen molar-refractivity contribution in [2.45, 2.75) is 13.1 Å². The van der Waals surface area contributed by atoms with Gasteiger partial charge in [-0.3, -0.25) is 9.59 Å². The topological polar surface area (TPSA) is 71.1 Å². The number of Topliss-reactive ketones (excluding diaryl/α,β-unsaturated/α-hetero) is 1. The molecule has 0 fully saturated rings. The van der Waals surface area contributed by atoms with E-state index in [9.17, 15) is 22.8 Å². The van der Waals surface area contributed by atoms with Gasteiger partial charge in [-0.1, -0.05) is 6.07 Å². The molecule has 0 radical (unpaired) electrons. The fourth-order valence-electron chi connectivity index (χ4n) is 2.53. The minimum absolute atomic E-state index is 0.0756. The van der Waals surface area contributed by atoms with Gasteiger partial charge in [0.15, 0.2) is 5.78 Å². The van der Waals surface area contributed by atoms with Gasteiger partial charge in [0.1, 0.15) is 5.69 Å². The molecule has 3 rings (SSSR count). The molecule has 0 saturated carbocycles. The smallest absolute Gasteiger partial charge is 0.354 e. The number of hydrogen-bond acceptors (Lipinski definition) is 4. The zero-order valence-corrected chi connectivity index (χ0v) is 15.2. The van der Waals surface area contributed by atoms with Gasteiger partial charge in [-0.2, -0.15) is 13.2 Å². The number of aromatic nitrogens is 1. The Morgan fingerprint density at radius 1 is 0.897 bits per heavy atom. The van der Waals surface area contributed by atoms with Crippen LogP contribution < -0.4 is 10.6 Å². The number of rotatable bonds is 5. The summed E-state index contributed by atoms with van der Waals surface area (Å²) in [6.07, 6.45) is -3.07. The number of carbonyl (C=O) groups is 2. The largest absolute Gasteiger partial charge is 0.416 e. The van der Waals surface area contributed by atoms with Crippen molar-refractivity contribution in [2.75, 3.05) is 10.6 Å². The number of alkyl halides is 3. The first-order chi connectivity index (χ1) is 13.7. The Morgan fingerprint density at radius 2 is 1.59 bits per heavy atom. The SMILES string of the molecule is CC(=O)c1ccc(NC(=O)c2ccc(Nc3cccc(C(F)(F)F)c3)cn2)cc1. The molecule has 2 N–H and O–H groups in total. The van der Waals surface area contributed by atoms with E-state index in [0.29, 0.717) is 16.9 Å². The fourth-order valence-corrected chi connectivity index (χ4v) is 2.53. The van der Waals surface area contributed by atoms with E-state index in [4.69, 9.17) is 0 Å². The number of halogens is 3. The molecule has 1 amide bonds. The van der Waals surface area contributed by atoms with Gasteiger partial charge in [0.2, 0.25) is 0 Å². The highest BCUT2D eigenvalue weighted by atomic mass is 19.4. The first-order valence-electron chi connectivity index (χ1n) is 8.55. The van der Waals surface area contributed by atoms with Gasteiger partial charge in [-0.15, -0.1) is 0 Å². The quantitative estimate of drug-likeness (QED) is 0.571. The van der Waals surface area contributed by atoms with Crippen LogP contribution >= 0.6 is 0 Å². The fraction of sp³-hybridized carbons (Fsp3) is 0.0952. The van der Waals surface area contributed by atoms with E-state index in [1.54, 1.807) is 30.3 Å². The van der Waals surface area contributed by atoms with E-state index in [1.165, 1.54) is 31.3 Å². The Hall–Kier alpha value is -3.68. The third-order valence-electron chi connectivity index (χ3n) is 4.02. The summed E-state index contributed by atoms with van der Waals surface area (Å²) in [5, 5.41) is 5.48. The third-order valence-corrected chi connectivity index (χ3v) is 4.02. The standard InChI is InChI=1S/C21H16F3N3O2/c1-13(28)14-5-7-16(8-6-14)27-20(29)19-10-9-18(12-25-19)26-17-4-2-3-15(11-17)21(22,23)24/h2-12,26H,1H3,(H,27,29). The Balaban J connectivity index is 1.66.